The normalized spacial score (nSPS) is 26.0. The second-order valence-electron chi connectivity index (χ2n) is 6.18. The van der Waals surface area contributed by atoms with E-state index in [1.807, 2.05) is 13.8 Å². The van der Waals surface area contributed by atoms with E-state index in [9.17, 15) is 14.7 Å². The van der Waals surface area contributed by atoms with E-state index >= 15 is 0 Å². The Morgan fingerprint density at radius 1 is 1.41 bits per heavy atom. The minimum Gasteiger partial charge on any atom is -0.480 e. The van der Waals surface area contributed by atoms with Gasteiger partial charge in [-0.3, -0.25) is 9.59 Å². The zero-order chi connectivity index (χ0) is 16.9. The highest BCUT2D eigenvalue weighted by atomic mass is 16.4. The molecule has 22 heavy (non-hydrogen) atoms. The number of carbonyl (C=O) groups excluding carboxylic acids is 1. The summed E-state index contributed by atoms with van der Waals surface area (Å²) in [5, 5.41) is 32.7. The molecular formula is C13H26BN3O5. The highest BCUT2D eigenvalue weighted by Crippen LogP contribution is 2.23. The third-order valence-corrected chi connectivity index (χ3v) is 4.12. The van der Waals surface area contributed by atoms with Crippen LogP contribution in [0.15, 0.2) is 0 Å². The molecule has 1 unspecified atom stereocenters. The highest BCUT2D eigenvalue weighted by molar-refractivity contribution is 6.40. The predicted molar refractivity (Wildman–Crippen MR) is 81.9 cm³/mol. The van der Waals surface area contributed by atoms with Crippen molar-refractivity contribution in [3.63, 3.8) is 0 Å². The molecule has 0 aromatic rings. The molecule has 7 N–H and O–H groups in total. The fourth-order valence-corrected chi connectivity index (χ4v) is 2.70. The summed E-state index contributed by atoms with van der Waals surface area (Å²) in [5.41, 5.74) is 5.80. The summed E-state index contributed by atoms with van der Waals surface area (Å²) in [6, 6.07) is -1.71. The van der Waals surface area contributed by atoms with Crippen molar-refractivity contribution >= 4 is 19.0 Å². The van der Waals surface area contributed by atoms with Gasteiger partial charge < -0.3 is 31.5 Å². The Kier molecular flexibility index (Phi) is 7.27. The van der Waals surface area contributed by atoms with Crippen molar-refractivity contribution in [2.45, 2.75) is 51.1 Å². The van der Waals surface area contributed by atoms with Crippen molar-refractivity contribution in [2.75, 3.05) is 6.54 Å². The maximum absolute atomic E-state index is 12.1. The zero-order valence-corrected chi connectivity index (χ0v) is 13.0. The van der Waals surface area contributed by atoms with E-state index in [2.05, 4.69) is 10.6 Å². The van der Waals surface area contributed by atoms with Crippen LogP contribution in [-0.2, 0) is 9.59 Å². The van der Waals surface area contributed by atoms with E-state index < -0.39 is 25.2 Å². The van der Waals surface area contributed by atoms with Crippen molar-refractivity contribution in [1.82, 2.24) is 10.6 Å². The van der Waals surface area contributed by atoms with Gasteiger partial charge in [0.2, 0.25) is 5.91 Å². The molecule has 8 nitrogen and oxygen atoms in total. The van der Waals surface area contributed by atoms with Gasteiger partial charge in [-0.25, -0.2) is 0 Å². The first kappa shape index (κ1) is 18.9. The van der Waals surface area contributed by atoms with Gasteiger partial charge >= 0.3 is 13.1 Å². The average Bonchev–Trinajstić information content (AvgIpc) is 2.80. The van der Waals surface area contributed by atoms with Gasteiger partial charge in [-0.1, -0.05) is 20.3 Å². The summed E-state index contributed by atoms with van der Waals surface area (Å²) in [6.07, 6.45) is 1.12. The Hall–Kier alpha value is -1.16. The lowest BCUT2D eigenvalue weighted by atomic mass is 9.80. The standard InChI is InChI=1S/C13H26BN3O5/c1-7(2)10(15)12(18)17-9-6-16-11(13(19)20)8(9)4-3-5-14(21)22/h7-11,16,21-22H,3-6,15H2,1-2H3,(H,17,18)(H,19,20)/t8-,9+,10?,11+/m1/s1. The second kappa shape index (κ2) is 8.47. The van der Waals surface area contributed by atoms with E-state index in [4.69, 9.17) is 15.8 Å². The van der Waals surface area contributed by atoms with Gasteiger partial charge in [-0.15, -0.1) is 0 Å². The average molecular weight is 315 g/mol. The minimum absolute atomic E-state index is 0.00683. The van der Waals surface area contributed by atoms with E-state index in [0.29, 0.717) is 19.4 Å². The van der Waals surface area contributed by atoms with Crippen LogP contribution < -0.4 is 16.4 Å². The largest absolute Gasteiger partial charge is 0.480 e. The molecule has 0 aromatic carbocycles. The van der Waals surface area contributed by atoms with Crippen LogP contribution in [0.3, 0.4) is 0 Å². The third kappa shape index (κ3) is 5.24. The summed E-state index contributed by atoms with van der Waals surface area (Å²) < 4.78 is 0. The lowest BCUT2D eigenvalue weighted by Gasteiger charge is -2.25. The second-order valence-corrected chi connectivity index (χ2v) is 6.18. The number of carboxylic acid groups (broad SMARTS) is 1. The molecule has 0 bridgehead atoms. The fraction of sp³-hybridized carbons (Fsp3) is 0.846. The van der Waals surface area contributed by atoms with Crippen LogP contribution in [-0.4, -0.2) is 58.8 Å². The molecule has 1 aliphatic heterocycles. The van der Waals surface area contributed by atoms with E-state index in [-0.39, 0.29) is 30.1 Å². The molecule has 1 aliphatic rings. The van der Waals surface area contributed by atoms with E-state index in [1.54, 1.807) is 0 Å². The quantitative estimate of drug-likeness (QED) is 0.295. The molecule has 0 aromatic heterocycles. The first-order chi connectivity index (χ1) is 10.2. The smallest absolute Gasteiger partial charge is 0.451 e. The number of amides is 1. The molecule has 1 amide bonds. The SMILES string of the molecule is CC(C)C(N)C(=O)N[C@H]1CN[C@H](C(=O)O)[C@@H]1CCCB(O)O. The molecule has 4 atom stereocenters. The molecule has 0 radical (unpaired) electrons. The van der Waals surface area contributed by atoms with E-state index in [0.717, 1.165) is 0 Å². The van der Waals surface area contributed by atoms with Crippen LogP contribution >= 0.6 is 0 Å². The zero-order valence-electron chi connectivity index (χ0n) is 13.0. The maximum atomic E-state index is 12.1. The maximum Gasteiger partial charge on any atom is 0.451 e. The molecule has 126 valence electrons. The van der Waals surface area contributed by atoms with Gasteiger partial charge in [0.15, 0.2) is 0 Å². The molecule has 0 spiro atoms. The molecule has 9 heteroatoms. The minimum atomic E-state index is -1.40. The first-order valence-electron chi connectivity index (χ1n) is 7.62. The monoisotopic (exact) mass is 315 g/mol. The fourth-order valence-electron chi connectivity index (χ4n) is 2.70. The number of nitrogens with two attached hydrogens (primary N) is 1. The van der Waals surface area contributed by atoms with Gasteiger partial charge in [0.1, 0.15) is 6.04 Å². The number of hydrogen-bond acceptors (Lipinski definition) is 6. The van der Waals surface area contributed by atoms with Gasteiger partial charge in [0, 0.05) is 18.5 Å². The number of carboxylic acids is 1. The first-order valence-corrected chi connectivity index (χ1v) is 7.62. The van der Waals surface area contributed by atoms with Gasteiger partial charge in [0.05, 0.1) is 6.04 Å². The molecular weight excluding hydrogens is 289 g/mol. The van der Waals surface area contributed by atoms with Crippen LogP contribution in [0.25, 0.3) is 0 Å². The van der Waals surface area contributed by atoms with Crippen molar-refractivity contribution in [2.24, 2.45) is 17.6 Å². The van der Waals surface area contributed by atoms with Gasteiger partial charge in [-0.2, -0.15) is 0 Å². The van der Waals surface area contributed by atoms with Crippen LogP contribution in [0.2, 0.25) is 6.32 Å². The van der Waals surface area contributed by atoms with Crippen molar-refractivity contribution in [3.05, 3.63) is 0 Å². The number of hydrogen-bond donors (Lipinski definition) is 6. The van der Waals surface area contributed by atoms with Crippen molar-refractivity contribution in [1.29, 1.82) is 0 Å². The Morgan fingerprint density at radius 2 is 2.05 bits per heavy atom. The summed E-state index contributed by atoms with van der Waals surface area (Å²) in [6.45, 7) is 4.05. The number of rotatable bonds is 8. The molecule has 0 aliphatic carbocycles. The number of aliphatic carboxylic acids is 1. The van der Waals surface area contributed by atoms with Crippen LogP contribution in [0.1, 0.15) is 26.7 Å². The van der Waals surface area contributed by atoms with Crippen molar-refractivity contribution in [3.8, 4) is 0 Å². The van der Waals surface area contributed by atoms with Gasteiger partial charge in [0.25, 0.3) is 0 Å². The summed E-state index contributed by atoms with van der Waals surface area (Å²) in [4.78, 5) is 23.3. The molecule has 1 fully saturated rings. The van der Waals surface area contributed by atoms with Gasteiger partial charge in [-0.05, 0) is 18.7 Å². The lowest BCUT2D eigenvalue weighted by molar-refractivity contribution is -0.140. The molecule has 0 saturated carbocycles. The predicted octanol–water partition coefficient (Wildman–Crippen LogP) is -1.62. The molecule has 1 heterocycles. The Bertz CT molecular complexity index is 394. The van der Waals surface area contributed by atoms with E-state index in [1.165, 1.54) is 0 Å². The summed E-state index contributed by atoms with van der Waals surface area (Å²) in [7, 11) is -1.40. The number of nitrogens with one attached hydrogen (secondary N) is 2. The van der Waals surface area contributed by atoms with Crippen LogP contribution in [0, 0.1) is 11.8 Å². The Morgan fingerprint density at radius 3 is 2.55 bits per heavy atom. The number of carbonyl (C=O) groups is 2. The van der Waals surface area contributed by atoms with Crippen LogP contribution in [0.5, 0.6) is 0 Å². The summed E-state index contributed by atoms with van der Waals surface area (Å²) >= 11 is 0. The molecule has 1 rings (SSSR count). The molecule has 1 saturated heterocycles. The third-order valence-electron chi connectivity index (χ3n) is 4.12. The highest BCUT2D eigenvalue weighted by Gasteiger charge is 2.41. The van der Waals surface area contributed by atoms with Crippen molar-refractivity contribution < 1.29 is 24.7 Å². The Balaban J connectivity index is 2.66. The summed E-state index contributed by atoms with van der Waals surface area (Å²) in [5.74, 6) is -1.58. The topological polar surface area (TPSA) is 145 Å². The Labute approximate surface area is 130 Å². The van der Waals surface area contributed by atoms with Crippen LogP contribution in [0.4, 0.5) is 0 Å². The lowest BCUT2D eigenvalue weighted by Crippen LogP contribution is -2.50.